The normalized spacial score (nSPS) is 35.6. The third-order valence-electron chi connectivity index (χ3n) is 5.03. The van der Waals surface area contributed by atoms with E-state index in [1.165, 1.54) is 12.8 Å². The Morgan fingerprint density at radius 2 is 2.15 bits per heavy atom. The summed E-state index contributed by atoms with van der Waals surface area (Å²) in [5.74, 6) is 0.305. The van der Waals surface area contributed by atoms with E-state index < -0.39 is 0 Å². The molecule has 2 aliphatic heterocycles. The molecule has 0 bridgehead atoms. The second-order valence-corrected chi connectivity index (χ2v) is 6.37. The van der Waals surface area contributed by atoms with Gasteiger partial charge in [-0.05, 0) is 19.8 Å². The van der Waals surface area contributed by atoms with Crippen molar-refractivity contribution in [3.05, 3.63) is 0 Å². The fourth-order valence-electron chi connectivity index (χ4n) is 3.79. The average Bonchev–Trinajstić information content (AvgIpc) is 2.49. The number of fused-ring (bicyclic) bond motifs is 1. The van der Waals surface area contributed by atoms with E-state index in [1.807, 2.05) is 0 Å². The summed E-state index contributed by atoms with van der Waals surface area (Å²) >= 11 is 0. The number of carbonyl (C=O) groups is 1. The number of hydrogen-bond donors (Lipinski definition) is 1. The number of carbonyl (C=O) groups excluding carboxylic acids is 1. The summed E-state index contributed by atoms with van der Waals surface area (Å²) in [5.41, 5.74) is 0. The van der Waals surface area contributed by atoms with Gasteiger partial charge in [0.15, 0.2) is 0 Å². The molecule has 5 nitrogen and oxygen atoms in total. The van der Waals surface area contributed by atoms with Crippen molar-refractivity contribution in [2.45, 2.75) is 50.8 Å². The number of morpholine rings is 1. The van der Waals surface area contributed by atoms with Crippen molar-refractivity contribution >= 4 is 5.91 Å². The molecule has 3 aliphatic rings. The number of hydrogen-bond acceptors (Lipinski definition) is 4. The molecule has 3 fully saturated rings. The van der Waals surface area contributed by atoms with Gasteiger partial charge in [0.05, 0.1) is 25.3 Å². The molecule has 1 aliphatic carbocycles. The lowest BCUT2D eigenvalue weighted by atomic mass is 9.90. The van der Waals surface area contributed by atoms with Gasteiger partial charge in [0, 0.05) is 32.2 Å². The molecule has 1 amide bonds. The van der Waals surface area contributed by atoms with Crippen molar-refractivity contribution in [2.24, 2.45) is 0 Å². The maximum Gasteiger partial charge on any atom is 0.237 e. The third kappa shape index (κ3) is 3.00. The van der Waals surface area contributed by atoms with Gasteiger partial charge < -0.3 is 15.0 Å². The first-order valence-electron chi connectivity index (χ1n) is 8.11. The van der Waals surface area contributed by atoms with Gasteiger partial charge in [-0.25, -0.2) is 0 Å². The number of rotatable bonds is 2. The van der Waals surface area contributed by atoms with E-state index in [9.17, 15) is 4.79 Å². The molecule has 0 aromatic rings. The minimum Gasteiger partial charge on any atom is -0.374 e. The lowest BCUT2D eigenvalue weighted by Crippen LogP contribution is -2.59. The van der Waals surface area contributed by atoms with Crippen LogP contribution in [0.2, 0.25) is 0 Å². The Morgan fingerprint density at radius 1 is 1.30 bits per heavy atom. The van der Waals surface area contributed by atoms with Gasteiger partial charge in [-0.3, -0.25) is 9.69 Å². The second-order valence-electron chi connectivity index (χ2n) is 6.37. The Labute approximate surface area is 121 Å². The first-order chi connectivity index (χ1) is 9.75. The summed E-state index contributed by atoms with van der Waals surface area (Å²) in [4.78, 5) is 17.1. The molecule has 0 aromatic heterocycles. The predicted molar refractivity (Wildman–Crippen MR) is 77.6 cm³/mol. The van der Waals surface area contributed by atoms with E-state index in [2.05, 4.69) is 22.0 Å². The zero-order valence-corrected chi connectivity index (χ0v) is 12.5. The number of piperazine rings is 1. The van der Waals surface area contributed by atoms with Crippen LogP contribution >= 0.6 is 0 Å². The van der Waals surface area contributed by atoms with Gasteiger partial charge in [0.25, 0.3) is 0 Å². The summed E-state index contributed by atoms with van der Waals surface area (Å²) in [7, 11) is 0. The number of nitrogens with one attached hydrogen (secondary N) is 1. The fourth-order valence-corrected chi connectivity index (χ4v) is 3.79. The highest BCUT2D eigenvalue weighted by Gasteiger charge is 2.37. The Balaban J connectivity index is 1.60. The maximum absolute atomic E-state index is 12.7. The molecular formula is C15H27N3O2. The Hall–Kier alpha value is -0.650. The summed E-state index contributed by atoms with van der Waals surface area (Å²) in [5, 5.41) is 3.38. The van der Waals surface area contributed by atoms with Gasteiger partial charge in [-0.2, -0.15) is 0 Å². The summed E-state index contributed by atoms with van der Waals surface area (Å²) < 4.78 is 5.86. The summed E-state index contributed by atoms with van der Waals surface area (Å²) in [6.45, 7) is 7.22. The number of nitrogens with zero attached hydrogens (tertiary/aromatic N) is 2. The highest BCUT2D eigenvalue weighted by atomic mass is 16.5. The first-order valence-corrected chi connectivity index (χ1v) is 8.11. The van der Waals surface area contributed by atoms with Crippen molar-refractivity contribution in [3.63, 3.8) is 0 Å². The van der Waals surface area contributed by atoms with Crippen LogP contribution in [-0.4, -0.2) is 73.2 Å². The monoisotopic (exact) mass is 281 g/mol. The Bertz CT molecular complexity index is 348. The quantitative estimate of drug-likeness (QED) is 0.798. The lowest BCUT2D eigenvalue weighted by Gasteiger charge is -2.45. The Morgan fingerprint density at radius 3 is 3.00 bits per heavy atom. The van der Waals surface area contributed by atoms with E-state index in [4.69, 9.17) is 4.74 Å². The van der Waals surface area contributed by atoms with Crippen LogP contribution in [0.4, 0.5) is 0 Å². The second kappa shape index (κ2) is 6.41. The molecule has 1 N–H and O–H groups in total. The van der Waals surface area contributed by atoms with E-state index >= 15 is 0 Å². The topological polar surface area (TPSA) is 44.8 Å². The van der Waals surface area contributed by atoms with Crippen LogP contribution in [0.15, 0.2) is 0 Å². The molecule has 114 valence electrons. The van der Waals surface area contributed by atoms with Gasteiger partial charge in [0.2, 0.25) is 5.91 Å². The predicted octanol–water partition coefficient (Wildman–Crippen LogP) is 0.450. The lowest BCUT2D eigenvalue weighted by molar-refractivity contribution is -0.151. The van der Waals surface area contributed by atoms with E-state index in [0.29, 0.717) is 37.2 Å². The van der Waals surface area contributed by atoms with Gasteiger partial charge in [-0.1, -0.05) is 12.8 Å². The largest absolute Gasteiger partial charge is 0.374 e. The average molecular weight is 281 g/mol. The molecule has 20 heavy (non-hydrogen) atoms. The SMILES string of the molecule is C[C@@H]1CNCCN1CC(=O)N1CCOC2CCCCC21. The minimum atomic E-state index is 0.293. The van der Waals surface area contributed by atoms with Crippen LogP contribution in [0, 0.1) is 0 Å². The maximum atomic E-state index is 12.7. The summed E-state index contributed by atoms with van der Waals surface area (Å²) in [6, 6.07) is 0.791. The summed E-state index contributed by atoms with van der Waals surface area (Å²) in [6.07, 6.45) is 5.02. The molecular weight excluding hydrogens is 254 g/mol. The third-order valence-corrected chi connectivity index (χ3v) is 5.03. The number of ether oxygens (including phenoxy) is 1. The highest BCUT2D eigenvalue weighted by Crippen LogP contribution is 2.28. The smallest absolute Gasteiger partial charge is 0.237 e. The van der Waals surface area contributed by atoms with Gasteiger partial charge in [-0.15, -0.1) is 0 Å². The fraction of sp³-hybridized carbons (Fsp3) is 0.933. The van der Waals surface area contributed by atoms with Gasteiger partial charge >= 0.3 is 0 Å². The Kier molecular flexibility index (Phi) is 4.58. The van der Waals surface area contributed by atoms with Crippen molar-refractivity contribution < 1.29 is 9.53 Å². The van der Waals surface area contributed by atoms with Crippen molar-refractivity contribution in [3.8, 4) is 0 Å². The molecule has 5 heteroatoms. The van der Waals surface area contributed by atoms with Crippen LogP contribution in [0.25, 0.3) is 0 Å². The molecule has 0 radical (unpaired) electrons. The van der Waals surface area contributed by atoms with E-state index in [1.54, 1.807) is 0 Å². The van der Waals surface area contributed by atoms with Crippen LogP contribution in [-0.2, 0) is 9.53 Å². The zero-order valence-electron chi connectivity index (χ0n) is 12.5. The standard InChI is InChI=1S/C15H27N3O2/c1-12-10-16-6-7-17(12)11-15(19)18-8-9-20-14-5-3-2-4-13(14)18/h12-14,16H,2-11H2,1H3/t12-,13?,14?/m1/s1. The molecule has 0 aromatic carbocycles. The highest BCUT2D eigenvalue weighted by molar-refractivity contribution is 5.79. The van der Waals surface area contributed by atoms with Crippen LogP contribution in [0.3, 0.4) is 0 Å². The van der Waals surface area contributed by atoms with Gasteiger partial charge in [0.1, 0.15) is 0 Å². The molecule has 0 spiro atoms. The molecule has 3 rings (SSSR count). The molecule has 2 unspecified atom stereocenters. The van der Waals surface area contributed by atoms with E-state index in [-0.39, 0.29) is 0 Å². The molecule has 1 saturated carbocycles. The van der Waals surface area contributed by atoms with Crippen molar-refractivity contribution in [1.29, 1.82) is 0 Å². The van der Waals surface area contributed by atoms with Crippen molar-refractivity contribution in [1.82, 2.24) is 15.1 Å². The first kappa shape index (κ1) is 14.3. The minimum absolute atomic E-state index is 0.293. The molecule has 3 atom stereocenters. The van der Waals surface area contributed by atoms with Crippen LogP contribution in [0.5, 0.6) is 0 Å². The van der Waals surface area contributed by atoms with E-state index in [0.717, 1.165) is 39.0 Å². The molecule has 2 saturated heterocycles. The van der Waals surface area contributed by atoms with Crippen molar-refractivity contribution in [2.75, 3.05) is 39.3 Å². The zero-order chi connectivity index (χ0) is 13.9. The molecule has 2 heterocycles. The number of amides is 1. The van der Waals surface area contributed by atoms with Crippen LogP contribution < -0.4 is 5.32 Å². The van der Waals surface area contributed by atoms with Crippen LogP contribution in [0.1, 0.15) is 32.6 Å².